The van der Waals surface area contributed by atoms with Crippen molar-refractivity contribution in [1.82, 2.24) is 15.4 Å². The molecule has 0 aliphatic carbocycles. The molecule has 2 aromatic rings. The van der Waals surface area contributed by atoms with E-state index in [9.17, 15) is 0 Å². The third-order valence-corrected chi connectivity index (χ3v) is 3.74. The summed E-state index contributed by atoms with van der Waals surface area (Å²) >= 11 is 5.80. The Balaban J connectivity index is 2.46. The molecule has 0 radical (unpaired) electrons. The highest BCUT2D eigenvalue weighted by atomic mass is 127. The highest BCUT2D eigenvalue weighted by Gasteiger charge is 2.16. The van der Waals surface area contributed by atoms with Crippen LogP contribution in [0, 0.1) is 3.57 Å². The van der Waals surface area contributed by atoms with Crippen LogP contribution in [0.2, 0.25) is 0 Å². The second-order valence-electron chi connectivity index (χ2n) is 3.44. The Bertz CT molecular complexity index is 506. The standard InChI is InChI=1S/C11H10BrIN4/c12-10-2-1-8(13)3-9(10)11(17-14)7-4-15-6-16-5-7/h1-6,11,17H,14H2. The normalized spacial score (nSPS) is 12.4. The maximum Gasteiger partial charge on any atom is 0.115 e. The Kier molecular flexibility index (Phi) is 4.43. The van der Waals surface area contributed by atoms with Gasteiger partial charge in [0.25, 0.3) is 0 Å². The highest BCUT2D eigenvalue weighted by Crippen LogP contribution is 2.28. The number of halogens is 2. The Morgan fingerprint density at radius 2 is 2.00 bits per heavy atom. The van der Waals surface area contributed by atoms with E-state index in [0.29, 0.717) is 0 Å². The first-order chi connectivity index (χ1) is 8.22. The maximum absolute atomic E-state index is 5.63. The van der Waals surface area contributed by atoms with Gasteiger partial charge in [-0.05, 0) is 46.4 Å². The quantitative estimate of drug-likeness (QED) is 0.468. The number of hydrogen-bond donors (Lipinski definition) is 2. The van der Waals surface area contributed by atoms with E-state index in [-0.39, 0.29) is 6.04 Å². The molecule has 0 bridgehead atoms. The molecular weight excluding hydrogens is 395 g/mol. The van der Waals surface area contributed by atoms with E-state index < -0.39 is 0 Å². The molecule has 17 heavy (non-hydrogen) atoms. The fraction of sp³-hybridized carbons (Fsp3) is 0.0909. The third kappa shape index (κ3) is 3.01. The lowest BCUT2D eigenvalue weighted by Crippen LogP contribution is -2.29. The first-order valence-corrected chi connectivity index (χ1v) is 6.75. The van der Waals surface area contributed by atoms with Crippen LogP contribution < -0.4 is 11.3 Å². The molecule has 4 nitrogen and oxygen atoms in total. The number of rotatable bonds is 3. The molecule has 3 N–H and O–H groups in total. The van der Waals surface area contributed by atoms with Crippen molar-refractivity contribution in [2.75, 3.05) is 0 Å². The van der Waals surface area contributed by atoms with Crippen molar-refractivity contribution in [1.29, 1.82) is 0 Å². The average molecular weight is 405 g/mol. The molecule has 1 aromatic carbocycles. The van der Waals surface area contributed by atoms with Gasteiger partial charge < -0.3 is 0 Å². The number of hydrazine groups is 1. The van der Waals surface area contributed by atoms with Crippen molar-refractivity contribution in [2.24, 2.45) is 5.84 Å². The topological polar surface area (TPSA) is 63.8 Å². The molecule has 0 aliphatic rings. The fourth-order valence-electron chi connectivity index (χ4n) is 1.56. The molecule has 0 spiro atoms. The minimum atomic E-state index is -0.125. The Morgan fingerprint density at radius 3 is 2.65 bits per heavy atom. The predicted molar refractivity (Wildman–Crippen MR) is 78.1 cm³/mol. The van der Waals surface area contributed by atoms with E-state index in [2.05, 4.69) is 60.0 Å². The van der Waals surface area contributed by atoms with E-state index >= 15 is 0 Å². The highest BCUT2D eigenvalue weighted by molar-refractivity contribution is 14.1. The lowest BCUT2D eigenvalue weighted by molar-refractivity contribution is 0.629. The summed E-state index contributed by atoms with van der Waals surface area (Å²) in [5, 5.41) is 0. The van der Waals surface area contributed by atoms with Crippen molar-refractivity contribution in [3.05, 3.63) is 56.1 Å². The summed E-state index contributed by atoms with van der Waals surface area (Å²) in [7, 11) is 0. The molecule has 88 valence electrons. The van der Waals surface area contributed by atoms with Gasteiger partial charge in [-0.25, -0.2) is 15.4 Å². The van der Waals surface area contributed by atoms with Gasteiger partial charge in [-0.2, -0.15) is 0 Å². The van der Waals surface area contributed by atoms with Crippen LogP contribution in [0.4, 0.5) is 0 Å². The van der Waals surface area contributed by atoms with Gasteiger partial charge in [-0.3, -0.25) is 5.84 Å². The van der Waals surface area contributed by atoms with Gasteiger partial charge >= 0.3 is 0 Å². The molecule has 0 fully saturated rings. The Hall–Kier alpha value is -0.570. The summed E-state index contributed by atoms with van der Waals surface area (Å²) in [6.45, 7) is 0. The van der Waals surface area contributed by atoms with Crippen LogP contribution in [0.1, 0.15) is 17.2 Å². The monoisotopic (exact) mass is 404 g/mol. The van der Waals surface area contributed by atoms with Crippen LogP contribution in [0.25, 0.3) is 0 Å². The predicted octanol–water partition coefficient (Wildman–Crippen LogP) is 2.40. The summed E-state index contributed by atoms with van der Waals surface area (Å²) in [4.78, 5) is 8.01. The number of nitrogens with two attached hydrogens (primary N) is 1. The van der Waals surface area contributed by atoms with Crippen molar-refractivity contribution >= 4 is 38.5 Å². The van der Waals surface area contributed by atoms with Crippen LogP contribution in [-0.2, 0) is 0 Å². The number of hydrogen-bond acceptors (Lipinski definition) is 4. The summed E-state index contributed by atoms with van der Waals surface area (Å²) in [5.74, 6) is 5.63. The molecule has 2 rings (SSSR count). The third-order valence-electron chi connectivity index (χ3n) is 2.35. The van der Waals surface area contributed by atoms with Gasteiger partial charge in [0.2, 0.25) is 0 Å². The van der Waals surface area contributed by atoms with E-state index in [1.165, 1.54) is 6.33 Å². The van der Waals surface area contributed by atoms with E-state index in [1.54, 1.807) is 12.4 Å². The summed E-state index contributed by atoms with van der Waals surface area (Å²) < 4.78 is 2.16. The SMILES string of the molecule is NNC(c1cncnc1)c1cc(I)ccc1Br. The van der Waals surface area contributed by atoms with E-state index in [4.69, 9.17) is 5.84 Å². The van der Waals surface area contributed by atoms with Crippen LogP contribution in [0.3, 0.4) is 0 Å². The van der Waals surface area contributed by atoms with Crippen molar-refractivity contribution < 1.29 is 0 Å². The molecule has 0 amide bonds. The lowest BCUT2D eigenvalue weighted by Gasteiger charge is -2.17. The Morgan fingerprint density at radius 1 is 1.29 bits per heavy atom. The number of nitrogens with zero attached hydrogens (tertiary/aromatic N) is 2. The zero-order valence-corrected chi connectivity index (χ0v) is 12.5. The van der Waals surface area contributed by atoms with Gasteiger partial charge in [0.15, 0.2) is 0 Å². The van der Waals surface area contributed by atoms with Crippen LogP contribution >= 0.6 is 38.5 Å². The number of aromatic nitrogens is 2. The van der Waals surface area contributed by atoms with Gasteiger partial charge in [-0.15, -0.1) is 0 Å². The van der Waals surface area contributed by atoms with Crippen molar-refractivity contribution in [3.8, 4) is 0 Å². The van der Waals surface area contributed by atoms with Crippen LogP contribution in [0.5, 0.6) is 0 Å². The van der Waals surface area contributed by atoms with Crippen LogP contribution in [-0.4, -0.2) is 9.97 Å². The molecule has 0 aliphatic heterocycles. The maximum atomic E-state index is 5.63. The minimum Gasteiger partial charge on any atom is -0.271 e. The molecular formula is C11H10BrIN4. The minimum absolute atomic E-state index is 0.125. The van der Waals surface area contributed by atoms with E-state index in [0.717, 1.165) is 19.2 Å². The molecule has 1 unspecified atom stereocenters. The Labute approximate surface area is 121 Å². The fourth-order valence-corrected chi connectivity index (χ4v) is 2.55. The van der Waals surface area contributed by atoms with Gasteiger partial charge in [0.1, 0.15) is 6.33 Å². The average Bonchev–Trinajstić information content (AvgIpc) is 2.36. The molecule has 1 heterocycles. The smallest absolute Gasteiger partial charge is 0.115 e. The summed E-state index contributed by atoms with van der Waals surface area (Å²) in [5.41, 5.74) is 4.78. The molecule has 6 heteroatoms. The largest absolute Gasteiger partial charge is 0.271 e. The molecule has 0 saturated carbocycles. The molecule has 0 saturated heterocycles. The first-order valence-electron chi connectivity index (χ1n) is 4.88. The van der Waals surface area contributed by atoms with E-state index in [1.807, 2.05) is 12.1 Å². The molecule has 1 aromatic heterocycles. The van der Waals surface area contributed by atoms with Gasteiger partial charge in [0, 0.05) is 26.0 Å². The zero-order valence-electron chi connectivity index (χ0n) is 8.77. The second kappa shape index (κ2) is 5.85. The van der Waals surface area contributed by atoms with Crippen molar-refractivity contribution in [2.45, 2.75) is 6.04 Å². The zero-order chi connectivity index (χ0) is 12.3. The summed E-state index contributed by atoms with van der Waals surface area (Å²) in [6.07, 6.45) is 5.01. The second-order valence-corrected chi connectivity index (χ2v) is 5.54. The van der Waals surface area contributed by atoms with Gasteiger partial charge in [0.05, 0.1) is 6.04 Å². The number of benzene rings is 1. The molecule has 1 atom stereocenters. The van der Waals surface area contributed by atoms with Crippen LogP contribution in [0.15, 0.2) is 41.4 Å². The van der Waals surface area contributed by atoms with Gasteiger partial charge in [-0.1, -0.05) is 15.9 Å². The first kappa shape index (κ1) is 12.9. The lowest BCUT2D eigenvalue weighted by atomic mass is 10.0. The number of nitrogens with one attached hydrogen (secondary N) is 1. The van der Waals surface area contributed by atoms with Crippen molar-refractivity contribution in [3.63, 3.8) is 0 Å². The summed E-state index contributed by atoms with van der Waals surface area (Å²) in [6, 6.07) is 5.98.